The minimum Gasteiger partial charge on any atom is -0.384 e. The molecule has 2 saturated carbocycles. The molecule has 2 aromatic rings. The maximum absolute atomic E-state index is 14.8. The van der Waals surface area contributed by atoms with E-state index in [0.717, 1.165) is 51.4 Å². The number of aromatic nitrogens is 3. The van der Waals surface area contributed by atoms with Crippen molar-refractivity contribution in [3.8, 4) is 0 Å². The molecule has 1 aromatic carbocycles. The molecule has 6 rings (SSSR count). The molecule has 0 bridgehead atoms. The lowest BCUT2D eigenvalue weighted by Crippen LogP contribution is -2.63. The summed E-state index contributed by atoms with van der Waals surface area (Å²) in [6.45, 7) is 3.13. The van der Waals surface area contributed by atoms with Gasteiger partial charge in [0.2, 0.25) is 27.6 Å². The van der Waals surface area contributed by atoms with E-state index < -0.39 is 68.7 Å². The number of nitrogens with one attached hydrogen (secondary N) is 3. The summed E-state index contributed by atoms with van der Waals surface area (Å²) in [5.41, 5.74) is 3.12. The number of likely N-dealkylation sites (tertiary alicyclic amines) is 1. The number of benzene rings is 1. The fraction of sp³-hybridized carbons (Fsp3) is 0.649. The van der Waals surface area contributed by atoms with Crippen molar-refractivity contribution in [3.05, 3.63) is 41.7 Å². The number of primary amides is 1. The van der Waals surface area contributed by atoms with E-state index in [4.69, 9.17) is 5.73 Å². The fourth-order valence-corrected chi connectivity index (χ4v) is 10.6. The standard InChI is InChI=1S/C37H52N8O8S2/c1-36(2,51)30-21-39-43-45(30)26-20-29(34(49)41-37(31(46)32(38)47)15-17-54-18-16-37)44(22-26)35(50)28(19-23-7-4-3-5-8-23)40-33(48)24-11-13-27(14-12-24)55(52,53)42-25-9-6-10-25/h11-14,21,23,25-26,28-29,42,51H,3-10,15-20,22H2,1-2H3,(H2,38,47)(H,40,48)(H,41,49)/t26-,28?,29-/m0/s1. The van der Waals surface area contributed by atoms with Crippen molar-refractivity contribution in [1.82, 2.24) is 35.2 Å². The van der Waals surface area contributed by atoms with Gasteiger partial charge in [0.15, 0.2) is 0 Å². The quantitative estimate of drug-likeness (QED) is 0.173. The number of carbonyl (C=O) groups excluding carboxylic acids is 5. The highest BCUT2D eigenvalue weighted by Crippen LogP contribution is 2.35. The van der Waals surface area contributed by atoms with E-state index in [-0.39, 0.29) is 48.2 Å². The third-order valence-corrected chi connectivity index (χ3v) is 14.1. The third-order valence-electron chi connectivity index (χ3n) is 11.5. The van der Waals surface area contributed by atoms with Gasteiger partial charge in [0.05, 0.1) is 22.8 Å². The fourth-order valence-electron chi connectivity index (χ4n) is 8.14. The van der Waals surface area contributed by atoms with Gasteiger partial charge in [0.25, 0.3) is 11.8 Å². The van der Waals surface area contributed by atoms with E-state index in [1.165, 1.54) is 40.0 Å². The van der Waals surface area contributed by atoms with E-state index in [2.05, 4.69) is 25.7 Å². The van der Waals surface area contributed by atoms with Crippen LogP contribution in [0.25, 0.3) is 0 Å². The van der Waals surface area contributed by atoms with Crippen molar-refractivity contribution in [2.24, 2.45) is 11.7 Å². The maximum atomic E-state index is 14.8. The molecule has 4 aliphatic rings. The van der Waals surface area contributed by atoms with Crippen molar-refractivity contribution in [2.45, 2.75) is 131 Å². The molecule has 18 heteroatoms. The number of nitrogens with two attached hydrogens (primary N) is 1. The molecule has 2 aliphatic heterocycles. The van der Waals surface area contributed by atoms with E-state index >= 15 is 0 Å². The Morgan fingerprint density at radius 2 is 1.69 bits per heavy atom. The van der Waals surface area contributed by atoms with Gasteiger partial charge >= 0.3 is 0 Å². The number of nitrogens with zero attached hydrogens (tertiary/aromatic N) is 4. The minimum absolute atomic E-state index is 0.0203. The number of amides is 4. The normalized spacial score (nSPS) is 22.7. The van der Waals surface area contributed by atoms with Crippen LogP contribution in [0.5, 0.6) is 0 Å². The first-order valence-electron chi connectivity index (χ1n) is 19.2. The Bertz CT molecular complexity index is 1860. The molecule has 1 aromatic heterocycles. The van der Waals surface area contributed by atoms with Crippen LogP contribution in [0.3, 0.4) is 0 Å². The number of rotatable bonds is 14. The molecule has 6 N–H and O–H groups in total. The average Bonchev–Trinajstić information content (AvgIpc) is 3.82. The molecule has 2 aliphatic carbocycles. The van der Waals surface area contributed by atoms with E-state index in [1.54, 1.807) is 25.6 Å². The molecule has 55 heavy (non-hydrogen) atoms. The summed E-state index contributed by atoms with van der Waals surface area (Å²) in [4.78, 5) is 69.8. The number of hydrogen-bond donors (Lipinski definition) is 5. The summed E-state index contributed by atoms with van der Waals surface area (Å²) in [7, 11) is -3.76. The van der Waals surface area contributed by atoms with E-state index in [9.17, 15) is 37.5 Å². The Kier molecular flexibility index (Phi) is 12.4. The number of thioether (sulfide) groups is 1. The van der Waals surface area contributed by atoms with Gasteiger partial charge in [-0.05, 0) is 87.6 Å². The summed E-state index contributed by atoms with van der Waals surface area (Å²) >= 11 is 1.59. The van der Waals surface area contributed by atoms with Crippen LogP contribution in [0.1, 0.15) is 113 Å². The van der Waals surface area contributed by atoms with Crippen molar-refractivity contribution >= 4 is 51.2 Å². The number of aliphatic hydroxyl groups is 1. The highest BCUT2D eigenvalue weighted by atomic mass is 32.2. The van der Waals surface area contributed by atoms with Crippen molar-refractivity contribution in [3.63, 3.8) is 0 Å². The van der Waals surface area contributed by atoms with Gasteiger partial charge in [-0.2, -0.15) is 11.8 Å². The molecule has 300 valence electrons. The number of ketones is 1. The highest BCUT2D eigenvalue weighted by Gasteiger charge is 2.49. The molecule has 3 atom stereocenters. The third kappa shape index (κ3) is 9.24. The van der Waals surface area contributed by atoms with Gasteiger partial charge in [-0.25, -0.2) is 17.8 Å². The first kappa shape index (κ1) is 40.8. The van der Waals surface area contributed by atoms with Crippen LogP contribution in [-0.4, -0.2) is 105 Å². The molecule has 3 heterocycles. The molecule has 1 unspecified atom stereocenters. The van der Waals surface area contributed by atoms with Gasteiger partial charge in [-0.1, -0.05) is 43.7 Å². The van der Waals surface area contributed by atoms with Crippen molar-refractivity contribution in [2.75, 3.05) is 18.1 Å². The van der Waals surface area contributed by atoms with Gasteiger partial charge in [-0.3, -0.25) is 24.0 Å². The summed E-state index contributed by atoms with van der Waals surface area (Å²) in [6.07, 6.45) is 9.49. The molecule has 4 amide bonds. The second-order valence-corrected chi connectivity index (χ2v) is 18.9. The topological polar surface area (TPSA) is 236 Å². The Balaban J connectivity index is 1.29. The first-order chi connectivity index (χ1) is 26.1. The Morgan fingerprint density at radius 1 is 1.02 bits per heavy atom. The Hall–Kier alpha value is -3.87. The monoisotopic (exact) mass is 800 g/mol. The highest BCUT2D eigenvalue weighted by molar-refractivity contribution is 7.99. The number of Topliss-reactive ketones (excluding diaryl/α,β-unsaturated/α-hetero) is 1. The predicted molar refractivity (Wildman–Crippen MR) is 203 cm³/mol. The van der Waals surface area contributed by atoms with Crippen LogP contribution >= 0.6 is 11.8 Å². The molecular formula is C37H52N8O8S2. The van der Waals surface area contributed by atoms with Crippen LogP contribution < -0.4 is 21.1 Å². The zero-order valence-corrected chi connectivity index (χ0v) is 33.0. The van der Waals surface area contributed by atoms with E-state index in [0.29, 0.717) is 23.6 Å². The van der Waals surface area contributed by atoms with Gasteiger partial charge in [-0.15, -0.1) is 5.10 Å². The average molecular weight is 801 g/mol. The van der Waals surface area contributed by atoms with Gasteiger partial charge < -0.3 is 26.4 Å². The summed E-state index contributed by atoms with van der Waals surface area (Å²) < 4.78 is 29.9. The van der Waals surface area contributed by atoms with Crippen LogP contribution in [0.15, 0.2) is 35.4 Å². The van der Waals surface area contributed by atoms with Crippen LogP contribution in [0.4, 0.5) is 0 Å². The summed E-state index contributed by atoms with van der Waals surface area (Å²) in [5.74, 6) is -2.61. The largest absolute Gasteiger partial charge is 0.384 e. The maximum Gasteiger partial charge on any atom is 0.287 e. The number of sulfonamides is 1. The van der Waals surface area contributed by atoms with Crippen molar-refractivity contribution < 1.29 is 37.5 Å². The molecule has 4 fully saturated rings. The van der Waals surface area contributed by atoms with Gasteiger partial charge in [0, 0.05) is 24.6 Å². The van der Waals surface area contributed by atoms with Crippen LogP contribution in [-0.2, 0) is 34.8 Å². The molecule has 2 saturated heterocycles. The summed E-state index contributed by atoms with van der Waals surface area (Å²) in [5, 5.41) is 24.9. The van der Waals surface area contributed by atoms with Gasteiger partial charge in [0.1, 0.15) is 23.2 Å². The second-order valence-electron chi connectivity index (χ2n) is 15.9. The zero-order chi connectivity index (χ0) is 39.5. The minimum atomic E-state index is -3.76. The number of hydrogen-bond acceptors (Lipinski definition) is 11. The second kappa shape index (κ2) is 16.7. The molecule has 0 radical (unpaired) electrons. The lowest BCUT2D eigenvalue weighted by molar-refractivity contribution is -0.145. The number of carbonyl (C=O) groups is 5. The smallest absolute Gasteiger partial charge is 0.287 e. The molecule has 0 spiro atoms. The van der Waals surface area contributed by atoms with Crippen LogP contribution in [0.2, 0.25) is 0 Å². The molecular weight excluding hydrogens is 749 g/mol. The molecule has 16 nitrogen and oxygen atoms in total. The lowest BCUT2D eigenvalue weighted by atomic mass is 9.84. The Morgan fingerprint density at radius 3 is 2.29 bits per heavy atom. The van der Waals surface area contributed by atoms with E-state index in [1.807, 2.05) is 0 Å². The first-order valence-corrected chi connectivity index (χ1v) is 21.8. The predicted octanol–water partition coefficient (Wildman–Crippen LogP) is 1.68. The van der Waals surface area contributed by atoms with Crippen molar-refractivity contribution in [1.29, 1.82) is 0 Å². The lowest BCUT2D eigenvalue weighted by Gasteiger charge is -2.37. The zero-order valence-electron chi connectivity index (χ0n) is 31.4. The van der Waals surface area contributed by atoms with Crippen LogP contribution in [0, 0.1) is 5.92 Å². The Labute approximate surface area is 325 Å². The SMILES string of the molecule is CC(C)(O)c1cnnn1[C@H]1C[C@@H](C(=O)NC2(C(=O)C(N)=O)CCSCC2)N(C(=O)C(CC2CCCCC2)NC(=O)c2ccc(S(=O)(=O)NC3CCC3)cc2)C1. The summed E-state index contributed by atoms with van der Waals surface area (Å²) in [6, 6.07) is 2.66.